The molecule has 5 heteroatoms. The van der Waals surface area contributed by atoms with Crippen molar-refractivity contribution in [3.05, 3.63) is 29.3 Å². The molecule has 1 aromatic carbocycles. The first kappa shape index (κ1) is 16.8. The van der Waals surface area contributed by atoms with Crippen LogP contribution < -0.4 is 10.1 Å². The molecule has 0 aliphatic rings. The van der Waals surface area contributed by atoms with Crippen LogP contribution in [0.15, 0.2) is 24.3 Å². The van der Waals surface area contributed by atoms with Gasteiger partial charge in [0.15, 0.2) is 6.10 Å². The minimum Gasteiger partial charge on any atom is -0.479 e. The maximum absolute atomic E-state index is 11.9. The first-order valence-electron chi connectivity index (χ1n) is 6.77. The quantitative estimate of drug-likeness (QED) is 0.814. The lowest BCUT2D eigenvalue weighted by molar-refractivity contribution is -0.127. The lowest BCUT2D eigenvalue weighted by Gasteiger charge is -2.18. The van der Waals surface area contributed by atoms with Crippen molar-refractivity contribution in [1.29, 1.82) is 0 Å². The number of para-hydroxylation sites is 1. The van der Waals surface area contributed by atoms with Crippen LogP contribution in [-0.4, -0.2) is 29.8 Å². The molecule has 1 rings (SSSR count). The third kappa shape index (κ3) is 5.80. The number of hydrogen-bond acceptors (Lipinski definition) is 3. The average Bonchev–Trinajstić information content (AvgIpc) is 2.37. The molecule has 0 fully saturated rings. The number of carbonyl (C=O) groups excluding carboxylic acids is 1. The van der Waals surface area contributed by atoms with Crippen molar-refractivity contribution in [2.24, 2.45) is 5.92 Å². The maximum atomic E-state index is 11.9. The summed E-state index contributed by atoms with van der Waals surface area (Å²) in [6.45, 7) is 5.91. The smallest absolute Gasteiger partial charge is 0.260 e. The van der Waals surface area contributed by atoms with Gasteiger partial charge < -0.3 is 15.2 Å². The Morgan fingerprint density at radius 2 is 2.00 bits per heavy atom. The van der Waals surface area contributed by atoms with Gasteiger partial charge in [-0.05, 0) is 38.3 Å². The second-order valence-corrected chi connectivity index (χ2v) is 5.53. The van der Waals surface area contributed by atoms with Gasteiger partial charge in [0, 0.05) is 6.54 Å². The Morgan fingerprint density at radius 3 is 2.60 bits per heavy atom. The summed E-state index contributed by atoms with van der Waals surface area (Å²) in [5.74, 6) is 0.516. The molecule has 112 valence electrons. The van der Waals surface area contributed by atoms with E-state index >= 15 is 0 Å². The second-order valence-electron chi connectivity index (χ2n) is 5.13. The topological polar surface area (TPSA) is 58.6 Å². The summed E-state index contributed by atoms with van der Waals surface area (Å²) in [7, 11) is 0. The van der Waals surface area contributed by atoms with Gasteiger partial charge >= 0.3 is 0 Å². The molecule has 1 aromatic rings. The van der Waals surface area contributed by atoms with Crippen molar-refractivity contribution in [3.8, 4) is 5.75 Å². The molecule has 0 saturated carbocycles. The van der Waals surface area contributed by atoms with E-state index in [-0.39, 0.29) is 17.9 Å². The van der Waals surface area contributed by atoms with Gasteiger partial charge in [-0.15, -0.1) is 0 Å². The zero-order valence-corrected chi connectivity index (χ0v) is 12.9. The lowest BCUT2D eigenvalue weighted by atomic mass is 10.0. The molecule has 4 nitrogen and oxygen atoms in total. The van der Waals surface area contributed by atoms with E-state index in [1.165, 1.54) is 0 Å². The zero-order chi connectivity index (χ0) is 15.1. The molecule has 20 heavy (non-hydrogen) atoms. The fraction of sp³-hybridized carbons (Fsp3) is 0.533. The molecule has 0 aromatic heterocycles. The van der Waals surface area contributed by atoms with Gasteiger partial charge in [0.1, 0.15) is 5.75 Å². The SMILES string of the molecule is CC(O)CC(C)CNC(=O)C(C)Oc1ccccc1Cl. The molecule has 2 N–H and O–H groups in total. The van der Waals surface area contributed by atoms with E-state index in [1.807, 2.05) is 6.92 Å². The summed E-state index contributed by atoms with van der Waals surface area (Å²) in [5.41, 5.74) is 0. The highest BCUT2D eigenvalue weighted by Crippen LogP contribution is 2.24. The van der Waals surface area contributed by atoms with E-state index in [1.54, 1.807) is 38.1 Å². The Hall–Kier alpha value is -1.26. The van der Waals surface area contributed by atoms with Crippen LogP contribution in [0.4, 0.5) is 0 Å². The number of halogens is 1. The second kappa shape index (κ2) is 8.12. The van der Waals surface area contributed by atoms with Gasteiger partial charge in [0.25, 0.3) is 5.91 Å². The molecule has 1 amide bonds. The summed E-state index contributed by atoms with van der Waals surface area (Å²) in [6, 6.07) is 7.04. The van der Waals surface area contributed by atoms with E-state index in [4.69, 9.17) is 16.3 Å². The van der Waals surface area contributed by atoms with Crippen LogP contribution in [0.3, 0.4) is 0 Å². The van der Waals surface area contributed by atoms with Crippen molar-refractivity contribution in [3.63, 3.8) is 0 Å². The van der Waals surface area contributed by atoms with E-state index in [9.17, 15) is 9.90 Å². The van der Waals surface area contributed by atoms with Crippen LogP contribution in [0.1, 0.15) is 27.2 Å². The highest BCUT2D eigenvalue weighted by atomic mass is 35.5. The van der Waals surface area contributed by atoms with E-state index < -0.39 is 6.10 Å². The van der Waals surface area contributed by atoms with Crippen molar-refractivity contribution in [2.45, 2.75) is 39.4 Å². The Balaban J connectivity index is 2.42. The van der Waals surface area contributed by atoms with Crippen LogP contribution in [0, 0.1) is 5.92 Å². The number of aliphatic hydroxyl groups is 1. The largest absolute Gasteiger partial charge is 0.479 e. The summed E-state index contributed by atoms with van der Waals surface area (Å²) in [5, 5.41) is 12.6. The number of benzene rings is 1. The van der Waals surface area contributed by atoms with Crippen molar-refractivity contribution >= 4 is 17.5 Å². The summed E-state index contributed by atoms with van der Waals surface area (Å²) in [4.78, 5) is 11.9. The first-order chi connectivity index (χ1) is 9.40. The molecule has 0 bridgehead atoms. The molecular formula is C15H22ClNO3. The van der Waals surface area contributed by atoms with Crippen LogP contribution >= 0.6 is 11.6 Å². The van der Waals surface area contributed by atoms with Crippen molar-refractivity contribution < 1.29 is 14.6 Å². The predicted molar refractivity (Wildman–Crippen MR) is 80.0 cm³/mol. The lowest BCUT2D eigenvalue weighted by Crippen LogP contribution is -2.38. The molecule has 3 atom stereocenters. The molecule has 0 heterocycles. The minimum absolute atomic E-state index is 0.192. The maximum Gasteiger partial charge on any atom is 0.260 e. The molecule has 3 unspecified atom stereocenters. The third-order valence-electron chi connectivity index (χ3n) is 2.88. The standard InChI is InChI=1S/C15H22ClNO3/c1-10(8-11(2)18)9-17-15(19)12(3)20-14-7-5-4-6-13(14)16/h4-7,10-12,18H,8-9H2,1-3H3,(H,17,19). The predicted octanol–water partition coefficient (Wildman–Crippen LogP) is 2.63. The van der Waals surface area contributed by atoms with Gasteiger partial charge in [0.05, 0.1) is 11.1 Å². The van der Waals surface area contributed by atoms with Gasteiger partial charge in [-0.1, -0.05) is 30.7 Å². The van der Waals surface area contributed by atoms with E-state index in [0.29, 0.717) is 23.7 Å². The number of rotatable bonds is 7. The van der Waals surface area contributed by atoms with Gasteiger partial charge in [-0.25, -0.2) is 0 Å². The van der Waals surface area contributed by atoms with Crippen LogP contribution in [0.5, 0.6) is 5.75 Å². The van der Waals surface area contributed by atoms with E-state index in [2.05, 4.69) is 5.32 Å². The van der Waals surface area contributed by atoms with Crippen LogP contribution in [-0.2, 0) is 4.79 Å². The summed E-state index contributed by atoms with van der Waals surface area (Å²) < 4.78 is 5.53. The molecular weight excluding hydrogens is 278 g/mol. The average molecular weight is 300 g/mol. The number of carbonyl (C=O) groups is 1. The van der Waals surface area contributed by atoms with Crippen molar-refractivity contribution in [1.82, 2.24) is 5.32 Å². The summed E-state index contributed by atoms with van der Waals surface area (Å²) in [6.07, 6.45) is -0.326. The molecule has 0 aliphatic carbocycles. The van der Waals surface area contributed by atoms with E-state index in [0.717, 1.165) is 0 Å². The molecule has 0 radical (unpaired) electrons. The normalized spacial score (nSPS) is 15.2. The Kier molecular flexibility index (Phi) is 6.82. The zero-order valence-electron chi connectivity index (χ0n) is 12.1. The fourth-order valence-electron chi connectivity index (χ4n) is 1.87. The third-order valence-corrected chi connectivity index (χ3v) is 3.19. The number of aliphatic hydroxyl groups excluding tert-OH is 1. The van der Waals surface area contributed by atoms with Gasteiger partial charge in [-0.3, -0.25) is 4.79 Å². The molecule has 0 spiro atoms. The van der Waals surface area contributed by atoms with Crippen LogP contribution in [0.25, 0.3) is 0 Å². The number of ether oxygens (including phenoxy) is 1. The number of nitrogens with one attached hydrogen (secondary N) is 1. The number of amides is 1. The highest BCUT2D eigenvalue weighted by molar-refractivity contribution is 6.32. The van der Waals surface area contributed by atoms with Gasteiger partial charge in [0.2, 0.25) is 0 Å². The Morgan fingerprint density at radius 1 is 1.35 bits per heavy atom. The molecule has 0 aliphatic heterocycles. The highest BCUT2D eigenvalue weighted by Gasteiger charge is 2.16. The first-order valence-corrected chi connectivity index (χ1v) is 7.15. The minimum atomic E-state index is -0.617. The van der Waals surface area contributed by atoms with Crippen molar-refractivity contribution in [2.75, 3.05) is 6.54 Å². The monoisotopic (exact) mass is 299 g/mol. The summed E-state index contributed by atoms with van der Waals surface area (Å²) >= 11 is 5.97. The number of hydrogen-bond donors (Lipinski definition) is 2. The molecule has 0 saturated heterocycles. The Labute approximate surface area is 125 Å². The van der Waals surface area contributed by atoms with Crippen LogP contribution in [0.2, 0.25) is 5.02 Å². The Bertz CT molecular complexity index is 437. The van der Waals surface area contributed by atoms with Gasteiger partial charge in [-0.2, -0.15) is 0 Å². The fourth-order valence-corrected chi connectivity index (χ4v) is 2.05.